The van der Waals surface area contributed by atoms with Crippen LogP contribution in [0.15, 0.2) is 28.3 Å². The largest absolute Gasteiger partial charge is 0.477 e. The van der Waals surface area contributed by atoms with E-state index in [1.807, 2.05) is 0 Å². The fourth-order valence-corrected chi connectivity index (χ4v) is 4.71. The van der Waals surface area contributed by atoms with Crippen LogP contribution in [0.25, 0.3) is 0 Å². The van der Waals surface area contributed by atoms with Crippen LogP contribution in [-0.4, -0.2) is 48.2 Å². The number of halogens is 1. The van der Waals surface area contributed by atoms with Gasteiger partial charge in [-0.25, -0.2) is 17.6 Å². The summed E-state index contributed by atoms with van der Waals surface area (Å²) in [5.41, 5.74) is -0.325. The number of carbonyl (C=O) groups is 1. The van der Waals surface area contributed by atoms with E-state index in [9.17, 15) is 17.6 Å². The highest BCUT2D eigenvalue weighted by atomic mass is 32.2. The summed E-state index contributed by atoms with van der Waals surface area (Å²) < 4.78 is 40.2. The summed E-state index contributed by atoms with van der Waals surface area (Å²) in [6.45, 7) is 1.95. The number of benzene rings is 1. The molecule has 0 radical (unpaired) electrons. The zero-order valence-electron chi connectivity index (χ0n) is 13.0. The SMILES string of the molecule is Cc1ccc(F)cc1S(=O)(=O)N1CCC2(CC1)CC(C(=O)O)=NO2. The maximum absolute atomic E-state index is 13.4. The van der Waals surface area contributed by atoms with Gasteiger partial charge in [0.05, 0.1) is 4.90 Å². The quantitative estimate of drug-likeness (QED) is 0.886. The number of rotatable bonds is 3. The third-order valence-corrected chi connectivity index (χ3v) is 6.53. The lowest BCUT2D eigenvalue weighted by Gasteiger charge is -2.36. The van der Waals surface area contributed by atoms with Crippen molar-refractivity contribution in [2.75, 3.05) is 13.1 Å². The van der Waals surface area contributed by atoms with Crippen molar-refractivity contribution in [3.63, 3.8) is 0 Å². The van der Waals surface area contributed by atoms with Gasteiger partial charge in [0, 0.05) is 32.4 Å². The Bertz CT molecular complexity index is 813. The Morgan fingerprint density at radius 1 is 1.38 bits per heavy atom. The van der Waals surface area contributed by atoms with Gasteiger partial charge in [-0.15, -0.1) is 0 Å². The molecule has 0 atom stereocenters. The van der Waals surface area contributed by atoms with Gasteiger partial charge >= 0.3 is 5.97 Å². The van der Waals surface area contributed by atoms with E-state index in [1.165, 1.54) is 16.4 Å². The molecule has 0 unspecified atom stereocenters. The highest BCUT2D eigenvalue weighted by Crippen LogP contribution is 2.36. The summed E-state index contributed by atoms with van der Waals surface area (Å²) in [4.78, 5) is 16.2. The van der Waals surface area contributed by atoms with Crippen LogP contribution < -0.4 is 0 Å². The van der Waals surface area contributed by atoms with Gasteiger partial charge in [-0.3, -0.25) is 0 Å². The third-order valence-electron chi connectivity index (χ3n) is 4.49. The lowest BCUT2D eigenvalue weighted by Crippen LogP contribution is -2.47. The number of hydrogen-bond acceptors (Lipinski definition) is 5. The van der Waals surface area contributed by atoms with Crippen molar-refractivity contribution >= 4 is 21.7 Å². The number of piperidine rings is 1. The molecule has 9 heteroatoms. The first-order valence-corrected chi connectivity index (χ1v) is 8.92. The second-order valence-electron chi connectivity index (χ2n) is 6.11. The molecule has 1 saturated heterocycles. The van der Waals surface area contributed by atoms with E-state index in [0.29, 0.717) is 18.4 Å². The summed E-state index contributed by atoms with van der Waals surface area (Å²) in [5.74, 6) is -1.73. The summed E-state index contributed by atoms with van der Waals surface area (Å²) in [5, 5.41) is 12.5. The Morgan fingerprint density at radius 3 is 2.62 bits per heavy atom. The Kier molecular flexibility index (Phi) is 4.08. The first-order valence-electron chi connectivity index (χ1n) is 7.48. The Balaban J connectivity index is 1.75. The van der Waals surface area contributed by atoms with E-state index in [4.69, 9.17) is 9.94 Å². The number of sulfonamides is 1. The van der Waals surface area contributed by atoms with Crippen LogP contribution in [-0.2, 0) is 19.7 Å². The van der Waals surface area contributed by atoms with E-state index >= 15 is 0 Å². The van der Waals surface area contributed by atoms with Crippen LogP contribution >= 0.6 is 0 Å². The van der Waals surface area contributed by atoms with E-state index in [-0.39, 0.29) is 30.1 Å². The molecule has 1 fully saturated rings. The predicted octanol–water partition coefficient (Wildman–Crippen LogP) is 1.52. The number of hydrogen-bond donors (Lipinski definition) is 1. The molecule has 0 saturated carbocycles. The van der Waals surface area contributed by atoms with Crippen LogP contribution in [0.3, 0.4) is 0 Å². The van der Waals surface area contributed by atoms with Gasteiger partial charge in [-0.1, -0.05) is 11.2 Å². The molecule has 130 valence electrons. The lowest BCUT2D eigenvalue weighted by atomic mass is 9.88. The molecule has 2 aliphatic heterocycles. The average molecular weight is 356 g/mol. The van der Waals surface area contributed by atoms with Crippen molar-refractivity contribution in [2.24, 2.45) is 5.16 Å². The van der Waals surface area contributed by atoms with Gasteiger partial charge in [-0.05, 0) is 24.6 Å². The standard InChI is InChI=1S/C15H17FN2O5S/c1-10-2-3-11(16)8-13(10)24(21,22)18-6-4-15(5-7-18)9-12(14(19)20)17-23-15/h2-3,8H,4-7,9H2,1H3,(H,19,20). The number of nitrogens with zero attached hydrogens (tertiary/aromatic N) is 2. The maximum atomic E-state index is 13.4. The normalized spacial score (nSPS) is 20.7. The van der Waals surface area contributed by atoms with Gasteiger partial charge in [0.25, 0.3) is 0 Å². The smallest absolute Gasteiger partial charge is 0.353 e. The van der Waals surface area contributed by atoms with Gasteiger partial charge < -0.3 is 9.94 Å². The Morgan fingerprint density at radius 2 is 2.04 bits per heavy atom. The molecule has 1 spiro atoms. The van der Waals surface area contributed by atoms with Crippen LogP contribution in [0.2, 0.25) is 0 Å². The number of carboxylic acids is 1. The van der Waals surface area contributed by atoms with Crippen molar-refractivity contribution in [1.82, 2.24) is 4.31 Å². The van der Waals surface area contributed by atoms with Crippen molar-refractivity contribution in [3.05, 3.63) is 29.6 Å². The van der Waals surface area contributed by atoms with Crippen molar-refractivity contribution < 1.29 is 27.5 Å². The number of aryl methyl sites for hydroxylation is 1. The molecule has 2 aliphatic rings. The second-order valence-corrected chi connectivity index (χ2v) is 8.01. The highest BCUT2D eigenvalue weighted by Gasteiger charge is 2.46. The van der Waals surface area contributed by atoms with Crippen molar-refractivity contribution in [1.29, 1.82) is 0 Å². The predicted molar refractivity (Wildman–Crippen MR) is 82.6 cm³/mol. The van der Waals surface area contributed by atoms with Gasteiger partial charge in [0.2, 0.25) is 10.0 Å². The van der Waals surface area contributed by atoms with E-state index in [0.717, 1.165) is 6.07 Å². The molecule has 0 bridgehead atoms. The number of oxime groups is 1. The first kappa shape index (κ1) is 16.8. The lowest BCUT2D eigenvalue weighted by molar-refractivity contribution is -0.129. The Hall–Kier alpha value is -2.00. The van der Waals surface area contributed by atoms with Gasteiger partial charge in [0.1, 0.15) is 11.4 Å². The highest BCUT2D eigenvalue weighted by molar-refractivity contribution is 7.89. The van der Waals surface area contributed by atoms with Crippen LogP contribution in [0.5, 0.6) is 0 Å². The maximum Gasteiger partial charge on any atom is 0.353 e. The fraction of sp³-hybridized carbons (Fsp3) is 0.467. The zero-order valence-corrected chi connectivity index (χ0v) is 13.8. The molecule has 7 nitrogen and oxygen atoms in total. The van der Waals surface area contributed by atoms with E-state index in [1.54, 1.807) is 6.92 Å². The summed E-state index contributed by atoms with van der Waals surface area (Å²) in [6, 6.07) is 3.67. The average Bonchev–Trinajstić information content (AvgIpc) is 2.94. The number of aliphatic carboxylic acids is 1. The van der Waals surface area contributed by atoms with Crippen LogP contribution in [0, 0.1) is 12.7 Å². The topological polar surface area (TPSA) is 96.3 Å². The second kappa shape index (κ2) is 5.82. The Labute approximate surface area is 138 Å². The van der Waals surface area contributed by atoms with Crippen LogP contribution in [0.4, 0.5) is 4.39 Å². The molecule has 0 amide bonds. The first-order chi connectivity index (χ1) is 11.2. The molecule has 0 aromatic heterocycles. The minimum atomic E-state index is -3.81. The monoisotopic (exact) mass is 356 g/mol. The molecule has 3 rings (SSSR count). The molecule has 1 N–H and O–H groups in total. The van der Waals surface area contributed by atoms with E-state index < -0.39 is 27.4 Å². The molecule has 1 aromatic rings. The molecular weight excluding hydrogens is 339 g/mol. The third kappa shape index (κ3) is 2.89. The van der Waals surface area contributed by atoms with Crippen LogP contribution in [0.1, 0.15) is 24.8 Å². The summed E-state index contributed by atoms with van der Waals surface area (Å²) in [6.07, 6.45) is 0.830. The van der Waals surface area contributed by atoms with Gasteiger partial charge in [0.15, 0.2) is 5.71 Å². The van der Waals surface area contributed by atoms with Crippen molar-refractivity contribution in [3.8, 4) is 0 Å². The minimum absolute atomic E-state index is 0.0479. The summed E-state index contributed by atoms with van der Waals surface area (Å²) >= 11 is 0. The fourth-order valence-electron chi connectivity index (χ4n) is 3.03. The molecule has 24 heavy (non-hydrogen) atoms. The molecule has 2 heterocycles. The minimum Gasteiger partial charge on any atom is -0.477 e. The van der Waals surface area contributed by atoms with E-state index in [2.05, 4.69) is 5.16 Å². The van der Waals surface area contributed by atoms with Crippen molar-refractivity contribution in [2.45, 2.75) is 36.7 Å². The zero-order chi connectivity index (χ0) is 17.5. The number of carboxylic acid groups (broad SMARTS) is 1. The van der Waals surface area contributed by atoms with Gasteiger partial charge in [-0.2, -0.15) is 4.31 Å². The summed E-state index contributed by atoms with van der Waals surface area (Å²) in [7, 11) is -3.81. The molecule has 0 aliphatic carbocycles. The molecular formula is C15H17FN2O5S. The molecule has 1 aromatic carbocycles.